The molecule has 0 saturated heterocycles. The highest BCUT2D eigenvalue weighted by Gasteiger charge is 2.18. The van der Waals surface area contributed by atoms with Gasteiger partial charge in [-0.1, -0.05) is 25.1 Å². The van der Waals surface area contributed by atoms with Gasteiger partial charge in [-0.2, -0.15) is 0 Å². The fraction of sp³-hybridized carbons (Fsp3) is 0.217. The van der Waals surface area contributed by atoms with Gasteiger partial charge in [0.25, 0.3) is 5.91 Å². The van der Waals surface area contributed by atoms with Gasteiger partial charge >= 0.3 is 5.69 Å². The van der Waals surface area contributed by atoms with Crippen molar-refractivity contribution in [3.63, 3.8) is 0 Å². The van der Waals surface area contributed by atoms with Crippen LogP contribution in [0.25, 0.3) is 16.7 Å². The Morgan fingerprint density at radius 3 is 2.52 bits per heavy atom. The van der Waals surface area contributed by atoms with Gasteiger partial charge in [0.15, 0.2) is 0 Å². The Morgan fingerprint density at radius 1 is 1.14 bits per heavy atom. The van der Waals surface area contributed by atoms with Crippen LogP contribution in [0.3, 0.4) is 0 Å². The van der Waals surface area contributed by atoms with Crippen molar-refractivity contribution in [1.82, 2.24) is 14.5 Å². The van der Waals surface area contributed by atoms with Gasteiger partial charge in [0.05, 0.1) is 5.69 Å². The van der Waals surface area contributed by atoms with Crippen LogP contribution in [-0.2, 0) is 13.0 Å². The van der Waals surface area contributed by atoms with E-state index in [2.05, 4.69) is 4.98 Å². The molecule has 0 spiro atoms. The standard InChI is InChI=1S/C23H23N3O3/c1-4-20-19(18-7-5-6-8-21(18)29-20)14-25(3)22(27)16-9-11-17(12-10-16)26-15(2)13-24-23(26)28/h5-13H,4,14H2,1-3H3,(H,24,28). The van der Waals surface area contributed by atoms with Crippen molar-refractivity contribution in [1.29, 1.82) is 0 Å². The zero-order valence-corrected chi connectivity index (χ0v) is 16.7. The highest BCUT2D eigenvalue weighted by molar-refractivity contribution is 5.94. The minimum Gasteiger partial charge on any atom is -0.461 e. The lowest BCUT2D eigenvalue weighted by molar-refractivity contribution is 0.0785. The van der Waals surface area contributed by atoms with Gasteiger partial charge < -0.3 is 14.3 Å². The molecule has 1 amide bonds. The second kappa shape index (κ2) is 7.47. The second-order valence-corrected chi connectivity index (χ2v) is 7.13. The summed E-state index contributed by atoms with van der Waals surface area (Å²) in [5.74, 6) is 0.825. The van der Waals surface area contributed by atoms with Crippen molar-refractivity contribution in [3.05, 3.63) is 87.8 Å². The van der Waals surface area contributed by atoms with E-state index in [4.69, 9.17) is 4.42 Å². The number of H-pyrrole nitrogens is 1. The number of nitrogens with zero attached hydrogens (tertiary/aromatic N) is 2. The first-order chi connectivity index (χ1) is 14.0. The van der Waals surface area contributed by atoms with Crippen LogP contribution in [0.1, 0.15) is 34.3 Å². The number of carbonyl (C=O) groups excluding carboxylic acids is 1. The lowest BCUT2D eigenvalue weighted by Crippen LogP contribution is -2.26. The molecule has 29 heavy (non-hydrogen) atoms. The average molecular weight is 389 g/mol. The molecule has 2 aromatic carbocycles. The number of para-hydroxylation sites is 1. The number of amides is 1. The smallest absolute Gasteiger partial charge is 0.330 e. The molecular weight excluding hydrogens is 366 g/mol. The van der Waals surface area contributed by atoms with Gasteiger partial charge in [-0.3, -0.25) is 9.36 Å². The van der Waals surface area contributed by atoms with Crippen LogP contribution in [0.5, 0.6) is 0 Å². The summed E-state index contributed by atoms with van der Waals surface area (Å²) in [4.78, 5) is 29.3. The van der Waals surface area contributed by atoms with E-state index in [-0.39, 0.29) is 11.6 Å². The molecule has 0 aliphatic carbocycles. The fourth-order valence-corrected chi connectivity index (χ4v) is 3.67. The molecule has 0 saturated carbocycles. The lowest BCUT2D eigenvalue weighted by atomic mass is 10.1. The highest BCUT2D eigenvalue weighted by Crippen LogP contribution is 2.27. The number of benzene rings is 2. The van der Waals surface area contributed by atoms with Crippen molar-refractivity contribution in [2.75, 3.05) is 7.05 Å². The van der Waals surface area contributed by atoms with E-state index in [1.165, 1.54) is 0 Å². The van der Waals surface area contributed by atoms with Crippen LogP contribution < -0.4 is 5.69 Å². The Balaban J connectivity index is 1.58. The van der Waals surface area contributed by atoms with Crippen LogP contribution >= 0.6 is 0 Å². The third kappa shape index (κ3) is 3.38. The first-order valence-corrected chi connectivity index (χ1v) is 9.61. The molecule has 1 N–H and O–H groups in total. The van der Waals surface area contributed by atoms with Crippen LogP contribution in [0.15, 0.2) is 63.9 Å². The third-order valence-electron chi connectivity index (χ3n) is 5.18. The van der Waals surface area contributed by atoms with Crippen molar-refractivity contribution in [3.8, 4) is 5.69 Å². The highest BCUT2D eigenvalue weighted by atomic mass is 16.3. The zero-order valence-electron chi connectivity index (χ0n) is 16.7. The molecule has 0 unspecified atom stereocenters. The van der Waals surface area contributed by atoms with Gasteiger partial charge in [0.1, 0.15) is 11.3 Å². The predicted octanol–water partition coefficient (Wildman–Crippen LogP) is 4.05. The van der Waals surface area contributed by atoms with Crippen LogP contribution in [0.4, 0.5) is 0 Å². The summed E-state index contributed by atoms with van der Waals surface area (Å²) in [5.41, 5.74) is 3.80. The molecule has 148 valence electrons. The molecule has 0 radical (unpaired) electrons. The number of nitrogens with one attached hydrogen (secondary N) is 1. The number of hydrogen-bond donors (Lipinski definition) is 1. The molecule has 0 fully saturated rings. The van der Waals surface area contributed by atoms with Crippen LogP contribution in [-0.4, -0.2) is 27.4 Å². The van der Waals surface area contributed by atoms with E-state index in [1.807, 2.05) is 38.1 Å². The Labute approximate surface area is 168 Å². The molecule has 4 aromatic rings. The summed E-state index contributed by atoms with van der Waals surface area (Å²) in [6.07, 6.45) is 2.43. The Bertz CT molecular complexity index is 1230. The maximum Gasteiger partial charge on any atom is 0.330 e. The van der Waals surface area contributed by atoms with Gasteiger partial charge in [-0.15, -0.1) is 0 Å². The Hall–Kier alpha value is -3.54. The SMILES string of the molecule is CCc1oc2ccccc2c1CN(C)C(=O)c1ccc(-n2c(C)c[nH]c2=O)cc1. The number of aromatic amines is 1. The lowest BCUT2D eigenvalue weighted by Gasteiger charge is -2.18. The number of aryl methyl sites for hydroxylation is 2. The van der Waals surface area contributed by atoms with E-state index in [9.17, 15) is 9.59 Å². The quantitative estimate of drug-likeness (QED) is 0.560. The summed E-state index contributed by atoms with van der Waals surface area (Å²) >= 11 is 0. The summed E-state index contributed by atoms with van der Waals surface area (Å²) in [6.45, 7) is 4.37. The summed E-state index contributed by atoms with van der Waals surface area (Å²) in [5, 5.41) is 1.04. The number of imidazole rings is 1. The summed E-state index contributed by atoms with van der Waals surface area (Å²) < 4.78 is 7.51. The Morgan fingerprint density at radius 2 is 1.86 bits per heavy atom. The molecule has 2 heterocycles. The molecule has 2 aromatic heterocycles. The van der Waals surface area contributed by atoms with Crippen molar-refractivity contribution >= 4 is 16.9 Å². The topological polar surface area (TPSA) is 71.2 Å². The molecule has 4 rings (SSSR count). The number of aromatic nitrogens is 2. The molecular formula is C23H23N3O3. The minimum absolute atomic E-state index is 0.0815. The normalized spacial score (nSPS) is 11.1. The number of rotatable bonds is 5. The van der Waals surface area contributed by atoms with E-state index < -0.39 is 0 Å². The number of carbonyl (C=O) groups is 1. The summed E-state index contributed by atoms with van der Waals surface area (Å²) in [7, 11) is 1.79. The maximum absolute atomic E-state index is 13.0. The van der Waals surface area contributed by atoms with E-state index >= 15 is 0 Å². The largest absolute Gasteiger partial charge is 0.461 e. The van der Waals surface area contributed by atoms with Crippen molar-refractivity contribution < 1.29 is 9.21 Å². The van der Waals surface area contributed by atoms with Gasteiger partial charge in [-0.25, -0.2) is 4.79 Å². The van der Waals surface area contributed by atoms with E-state index in [0.717, 1.165) is 40.1 Å². The first kappa shape index (κ1) is 18.8. The van der Waals surface area contributed by atoms with Gasteiger partial charge in [-0.05, 0) is 37.3 Å². The minimum atomic E-state index is -0.197. The molecule has 6 heteroatoms. The Kier molecular flexibility index (Phi) is 4.84. The maximum atomic E-state index is 13.0. The monoisotopic (exact) mass is 389 g/mol. The van der Waals surface area contributed by atoms with Crippen molar-refractivity contribution in [2.24, 2.45) is 0 Å². The predicted molar refractivity (Wildman–Crippen MR) is 113 cm³/mol. The molecule has 0 bridgehead atoms. The van der Waals surface area contributed by atoms with Gasteiger partial charge in [0.2, 0.25) is 0 Å². The molecule has 0 aliphatic heterocycles. The van der Waals surface area contributed by atoms with E-state index in [1.54, 1.807) is 47.0 Å². The number of hydrogen-bond acceptors (Lipinski definition) is 3. The van der Waals surface area contributed by atoms with Crippen molar-refractivity contribution in [2.45, 2.75) is 26.8 Å². The molecule has 6 nitrogen and oxygen atoms in total. The third-order valence-corrected chi connectivity index (χ3v) is 5.18. The molecule has 0 aliphatic rings. The second-order valence-electron chi connectivity index (χ2n) is 7.13. The van der Waals surface area contributed by atoms with Crippen LogP contribution in [0.2, 0.25) is 0 Å². The van der Waals surface area contributed by atoms with E-state index in [0.29, 0.717) is 12.1 Å². The molecule has 0 atom stereocenters. The van der Waals surface area contributed by atoms with Crippen LogP contribution in [0, 0.1) is 6.92 Å². The first-order valence-electron chi connectivity index (χ1n) is 9.61. The summed E-state index contributed by atoms with van der Waals surface area (Å²) in [6, 6.07) is 15.0. The zero-order chi connectivity index (χ0) is 20.5. The fourth-order valence-electron chi connectivity index (χ4n) is 3.67. The average Bonchev–Trinajstić information content (AvgIpc) is 3.27. The number of fused-ring (bicyclic) bond motifs is 1. The number of furan rings is 1. The van der Waals surface area contributed by atoms with Gasteiger partial charge in [0, 0.05) is 48.4 Å².